The number of carbonyl (C=O) groups is 2. The van der Waals surface area contributed by atoms with Gasteiger partial charge in [0.25, 0.3) is 5.91 Å². The third kappa shape index (κ3) is 6.53. The van der Waals surface area contributed by atoms with Crippen LogP contribution in [0.2, 0.25) is 0 Å². The zero-order valence-electron chi connectivity index (χ0n) is 20.8. The highest BCUT2D eigenvalue weighted by molar-refractivity contribution is 6.56. The molecular formula is C27H33BN2O5. The van der Waals surface area contributed by atoms with Gasteiger partial charge in [0.15, 0.2) is 0 Å². The smallest absolute Gasteiger partial charge is 0.445 e. The molecule has 2 aliphatic rings. The normalized spacial score (nSPS) is 18.7. The van der Waals surface area contributed by atoms with E-state index in [4.69, 9.17) is 14.0 Å². The van der Waals surface area contributed by atoms with E-state index in [1.54, 1.807) is 12.1 Å². The Morgan fingerprint density at radius 2 is 1.63 bits per heavy atom. The van der Waals surface area contributed by atoms with Crippen LogP contribution in [0.25, 0.3) is 6.08 Å². The largest absolute Gasteiger partial charge is 0.492 e. The van der Waals surface area contributed by atoms with E-state index in [2.05, 4.69) is 10.6 Å². The summed E-state index contributed by atoms with van der Waals surface area (Å²) in [5.41, 5.74) is 2.11. The second kappa shape index (κ2) is 10.3. The number of ether oxygens (including phenoxy) is 1. The monoisotopic (exact) mass is 476 g/mol. The van der Waals surface area contributed by atoms with E-state index in [1.165, 1.54) is 0 Å². The molecule has 2 amide bonds. The van der Waals surface area contributed by atoms with Gasteiger partial charge in [-0.2, -0.15) is 0 Å². The average molecular weight is 476 g/mol. The van der Waals surface area contributed by atoms with E-state index in [0.717, 1.165) is 29.4 Å². The van der Waals surface area contributed by atoms with Crippen LogP contribution in [0.15, 0.2) is 60.1 Å². The van der Waals surface area contributed by atoms with Crippen molar-refractivity contribution >= 4 is 25.2 Å². The van der Waals surface area contributed by atoms with E-state index in [-0.39, 0.29) is 19.1 Å². The first kappa shape index (κ1) is 25.0. The number of nitrogens with one attached hydrogen (secondary N) is 2. The molecule has 1 aliphatic heterocycles. The number of amides is 2. The Balaban J connectivity index is 1.45. The Bertz CT molecular complexity index is 1060. The lowest BCUT2D eigenvalue weighted by Gasteiger charge is -2.32. The van der Waals surface area contributed by atoms with E-state index >= 15 is 0 Å². The van der Waals surface area contributed by atoms with Gasteiger partial charge in [0.1, 0.15) is 6.61 Å². The van der Waals surface area contributed by atoms with Crippen molar-refractivity contribution in [3.8, 4) is 0 Å². The van der Waals surface area contributed by atoms with Gasteiger partial charge in [-0.15, -0.1) is 0 Å². The fraction of sp³-hybridized carbons (Fsp3) is 0.407. The van der Waals surface area contributed by atoms with Crippen molar-refractivity contribution in [3.63, 3.8) is 0 Å². The highest BCUT2D eigenvalue weighted by atomic mass is 16.7. The summed E-state index contributed by atoms with van der Waals surface area (Å²) in [6, 6.07) is 17.2. The summed E-state index contributed by atoms with van der Waals surface area (Å²) in [4.78, 5) is 24.7. The van der Waals surface area contributed by atoms with Crippen molar-refractivity contribution in [2.75, 3.05) is 6.54 Å². The molecule has 0 aromatic heterocycles. The van der Waals surface area contributed by atoms with Crippen molar-refractivity contribution in [2.24, 2.45) is 0 Å². The first-order valence-corrected chi connectivity index (χ1v) is 12.0. The van der Waals surface area contributed by atoms with Crippen molar-refractivity contribution in [1.29, 1.82) is 0 Å². The average Bonchev–Trinajstić information content (AvgIpc) is 3.60. The Kier molecular flexibility index (Phi) is 7.33. The third-order valence-corrected chi connectivity index (χ3v) is 6.64. The fourth-order valence-electron chi connectivity index (χ4n) is 3.59. The number of alkyl carbamates (subject to hydrolysis) is 1. The molecule has 0 radical (unpaired) electrons. The van der Waals surface area contributed by atoms with Crippen LogP contribution in [0.3, 0.4) is 0 Å². The van der Waals surface area contributed by atoms with E-state index in [1.807, 2.05) is 76.2 Å². The number of hydrogen-bond acceptors (Lipinski definition) is 5. The summed E-state index contributed by atoms with van der Waals surface area (Å²) in [6.45, 7) is 8.32. The van der Waals surface area contributed by atoms with Crippen LogP contribution >= 0.6 is 0 Å². The molecule has 1 saturated carbocycles. The van der Waals surface area contributed by atoms with Gasteiger partial charge in [0.05, 0.1) is 11.2 Å². The second-order valence-corrected chi connectivity index (χ2v) is 10.1. The Morgan fingerprint density at radius 1 is 1.00 bits per heavy atom. The quantitative estimate of drug-likeness (QED) is 0.548. The highest BCUT2D eigenvalue weighted by Gasteiger charge is 2.52. The Labute approximate surface area is 207 Å². The molecule has 2 aromatic carbocycles. The minimum absolute atomic E-state index is 0.0583. The number of benzene rings is 2. The van der Waals surface area contributed by atoms with Gasteiger partial charge >= 0.3 is 13.2 Å². The first-order valence-electron chi connectivity index (χ1n) is 12.0. The van der Waals surface area contributed by atoms with Crippen LogP contribution in [0.1, 0.15) is 62.0 Å². The number of rotatable bonds is 8. The standard InChI is InChI=1S/C27H33BN2O5/c1-26(2)27(3,4)35-28(34-26)22(17-29-25(32)33-18-20-8-6-5-7-9-20)16-19-10-12-21(13-11-19)24(31)30-23-14-15-23/h5-13,16,23H,14-15,17-18H2,1-4H3,(H,29,32)(H,30,31). The maximum Gasteiger partial charge on any atom is 0.492 e. The summed E-state index contributed by atoms with van der Waals surface area (Å²) in [6.07, 6.45) is 3.49. The Morgan fingerprint density at radius 3 is 2.23 bits per heavy atom. The molecule has 2 fully saturated rings. The maximum atomic E-state index is 12.4. The van der Waals surface area contributed by atoms with Crippen molar-refractivity contribution in [1.82, 2.24) is 10.6 Å². The minimum Gasteiger partial charge on any atom is -0.445 e. The van der Waals surface area contributed by atoms with Gasteiger partial charge < -0.3 is 24.7 Å². The van der Waals surface area contributed by atoms with E-state index < -0.39 is 24.4 Å². The topological polar surface area (TPSA) is 85.9 Å². The molecule has 1 heterocycles. The molecule has 1 saturated heterocycles. The summed E-state index contributed by atoms with van der Waals surface area (Å²) in [5.74, 6) is -0.0583. The van der Waals surface area contributed by atoms with Gasteiger partial charge in [-0.25, -0.2) is 4.79 Å². The van der Waals surface area contributed by atoms with Crippen molar-refractivity contribution < 1.29 is 23.6 Å². The molecule has 2 N–H and O–H groups in total. The Hall–Kier alpha value is -3.10. The third-order valence-electron chi connectivity index (χ3n) is 6.64. The maximum absolute atomic E-state index is 12.4. The van der Waals surface area contributed by atoms with E-state index in [0.29, 0.717) is 11.6 Å². The van der Waals surface area contributed by atoms with Gasteiger partial charge in [-0.05, 0) is 69.3 Å². The van der Waals surface area contributed by atoms with Gasteiger partial charge in [0.2, 0.25) is 0 Å². The van der Waals surface area contributed by atoms with Gasteiger partial charge in [0, 0.05) is 18.2 Å². The van der Waals surface area contributed by atoms with Gasteiger partial charge in [-0.1, -0.05) is 48.5 Å². The molecule has 0 unspecified atom stereocenters. The molecule has 4 rings (SSSR count). The molecule has 0 spiro atoms. The first-order chi connectivity index (χ1) is 16.6. The SMILES string of the molecule is CC1(C)OB(C(=Cc2ccc(C(=O)NC3CC3)cc2)CNC(=O)OCc2ccccc2)OC1(C)C. The molecule has 1 aliphatic carbocycles. The zero-order valence-corrected chi connectivity index (χ0v) is 20.8. The number of hydrogen-bond donors (Lipinski definition) is 2. The van der Waals surface area contributed by atoms with Crippen LogP contribution in [0.5, 0.6) is 0 Å². The second-order valence-electron chi connectivity index (χ2n) is 10.1. The van der Waals surface area contributed by atoms with Crippen LogP contribution in [-0.4, -0.2) is 42.9 Å². The summed E-state index contributed by atoms with van der Waals surface area (Å²) >= 11 is 0. The van der Waals surface area contributed by atoms with Crippen LogP contribution < -0.4 is 10.6 Å². The lowest BCUT2D eigenvalue weighted by atomic mass is 9.77. The van der Waals surface area contributed by atoms with Crippen LogP contribution in [-0.2, 0) is 20.7 Å². The minimum atomic E-state index is -0.632. The van der Waals surface area contributed by atoms with E-state index in [9.17, 15) is 9.59 Å². The van der Waals surface area contributed by atoms with Crippen molar-refractivity contribution in [3.05, 3.63) is 76.8 Å². The number of carbonyl (C=O) groups excluding carboxylic acids is 2. The lowest BCUT2D eigenvalue weighted by molar-refractivity contribution is 0.00578. The van der Waals surface area contributed by atoms with Crippen LogP contribution in [0.4, 0.5) is 4.79 Å². The molecular weight excluding hydrogens is 443 g/mol. The molecule has 35 heavy (non-hydrogen) atoms. The highest BCUT2D eigenvalue weighted by Crippen LogP contribution is 2.38. The van der Waals surface area contributed by atoms with Crippen LogP contribution in [0, 0.1) is 0 Å². The fourth-order valence-corrected chi connectivity index (χ4v) is 3.59. The predicted molar refractivity (Wildman–Crippen MR) is 136 cm³/mol. The summed E-state index contributed by atoms with van der Waals surface area (Å²) in [7, 11) is -0.632. The molecule has 2 aromatic rings. The molecule has 0 bridgehead atoms. The molecule has 7 nitrogen and oxygen atoms in total. The lowest BCUT2D eigenvalue weighted by Crippen LogP contribution is -2.41. The molecule has 8 heteroatoms. The zero-order chi connectivity index (χ0) is 25.1. The van der Waals surface area contributed by atoms with Gasteiger partial charge in [-0.3, -0.25) is 4.79 Å². The summed E-state index contributed by atoms with van der Waals surface area (Å²) in [5, 5.41) is 5.80. The van der Waals surface area contributed by atoms with Crippen molar-refractivity contribution in [2.45, 2.75) is 64.4 Å². The molecule has 0 atom stereocenters. The molecule has 184 valence electrons. The predicted octanol–water partition coefficient (Wildman–Crippen LogP) is 4.52. The summed E-state index contributed by atoms with van der Waals surface area (Å²) < 4.78 is 17.8.